The fourth-order valence-electron chi connectivity index (χ4n) is 2.42. The fourth-order valence-corrected chi connectivity index (χ4v) is 2.52. The molecule has 100 valence electrons. The van der Waals surface area contributed by atoms with Crippen molar-refractivity contribution in [2.75, 3.05) is 6.61 Å². The van der Waals surface area contributed by atoms with E-state index in [1.807, 2.05) is 0 Å². The van der Waals surface area contributed by atoms with Crippen molar-refractivity contribution in [3.8, 4) is 0 Å². The molecule has 2 unspecified atom stereocenters. The minimum atomic E-state index is -0.0292. The van der Waals surface area contributed by atoms with E-state index in [1.54, 1.807) is 0 Å². The lowest BCUT2D eigenvalue weighted by Gasteiger charge is -2.28. The highest BCUT2D eigenvalue weighted by atomic mass is 32.1. The molecule has 3 heteroatoms. The van der Waals surface area contributed by atoms with Gasteiger partial charge in [0.05, 0.1) is 11.1 Å². The van der Waals surface area contributed by atoms with Gasteiger partial charge in [0.25, 0.3) is 0 Å². The van der Waals surface area contributed by atoms with Gasteiger partial charge in [0.2, 0.25) is 0 Å². The van der Waals surface area contributed by atoms with Crippen molar-refractivity contribution in [2.24, 2.45) is 17.1 Å². The van der Waals surface area contributed by atoms with Crippen molar-refractivity contribution >= 4 is 17.2 Å². The van der Waals surface area contributed by atoms with Gasteiger partial charge in [0, 0.05) is 12.0 Å². The van der Waals surface area contributed by atoms with Gasteiger partial charge in [-0.25, -0.2) is 0 Å². The lowest BCUT2D eigenvalue weighted by Crippen LogP contribution is -2.30. The minimum absolute atomic E-state index is 0.0292. The van der Waals surface area contributed by atoms with Gasteiger partial charge < -0.3 is 10.5 Å². The van der Waals surface area contributed by atoms with Gasteiger partial charge in [-0.3, -0.25) is 0 Å². The summed E-state index contributed by atoms with van der Waals surface area (Å²) in [5.74, 6) is 0.835. The fraction of sp³-hybridized carbons (Fsp3) is 0.929. The molecule has 2 nitrogen and oxygen atoms in total. The van der Waals surface area contributed by atoms with Crippen LogP contribution in [-0.2, 0) is 4.74 Å². The van der Waals surface area contributed by atoms with Crippen LogP contribution < -0.4 is 5.73 Å². The molecule has 0 radical (unpaired) electrons. The van der Waals surface area contributed by atoms with Gasteiger partial charge in [-0.2, -0.15) is 0 Å². The van der Waals surface area contributed by atoms with E-state index in [0.29, 0.717) is 11.1 Å². The van der Waals surface area contributed by atoms with Gasteiger partial charge in [0.1, 0.15) is 0 Å². The Balaban J connectivity index is 2.13. The molecule has 0 aromatic carbocycles. The highest BCUT2D eigenvalue weighted by Crippen LogP contribution is 2.27. The Morgan fingerprint density at radius 3 is 2.71 bits per heavy atom. The second-order valence-electron chi connectivity index (χ2n) is 6.12. The van der Waals surface area contributed by atoms with E-state index in [-0.39, 0.29) is 5.41 Å². The molecule has 2 N–H and O–H groups in total. The average molecular weight is 257 g/mol. The van der Waals surface area contributed by atoms with Gasteiger partial charge >= 0.3 is 0 Å². The van der Waals surface area contributed by atoms with Crippen LogP contribution in [-0.4, -0.2) is 17.7 Å². The molecule has 0 bridgehead atoms. The Morgan fingerprint density at radius 1 is 1.41 bits per heavy atom. The van der Waals surface area contributed by atoms with Gasteiger partial charge in [-0.1, -0.05) is 45.8 Å². The summed E-state index contributed by atoms with van der Waals surface area (Å²) in [7, 11) is 0. The van der Waals surface area contributed by atoms with Crippen LogP contribution in [0.25, 0.3) is 0 Å². The summed E-state index contributed by atoms with van der Waals surface area (Å²) in [6, 6.07) is 0. The molecular formula is C14H27NOS. The van der Waals surface area contributed by atoms with Gasteiger partial charge in [0.15, 0.2) is 0 Å². The minimum Gasteiger partial charge on any atom is -0.393 e. The van der Waals surface area contributed by atoms with E-state index in [9.17, 15) is 0 Å². The maximum absolute atomic E-state index is 5.94. The normalized spacial score (nSPS) is 25.8. The summed E-state index contributed by atoms with van der Waals surface area (Å²) in [6.45, 7) is 7.39. The van der Waals surface area contributed by atoms with E-state index in [4.69, 9.17) is 22.7 Å². The topological polar surface area (TPSA) is 35.2 Å². The lowest BCUT2D eigenvalue weighted by molar-refractivity contribution is 0.0121. The van der Waals surface area contributed by atoms with Gasteiger partial charge in [-0.15, -0.1) is 0 Å². The molecule has 0 amide bonds. The number of thiocarbonyl (C=S) groups is 1. The van der Waals surface area contributed by atoms with Crippen LogP contribution in [0.2, 0.25) is 0 Å². The molecule has 2 atom stereocenters. The Bertz CT molecular complexity index is 253. The number of nitrogens with two attached hydrogens (primary N) is 1. The third kappa shape index (κ3) is 5.35. The Kier molecular flexibility index (Phi) is 5.87. The number of hydrogen-bond donors (Lipinski definition) is 1. The Hall–Kier alpha value is -0.150. The van der Waals surface area contributed by atoms with Crippen LogP contribution >= 0.6 is 12.2 Å². The lowest BCUT2D eigenvalue weighted by atomic mass is 9.87. The second-order valence-corrected chi connectivity index (χ2v) is 6.56. The molecule has 1 aliphatic rings. The largest absolute Gasteiger partial charge is 0.393 e. The summed E-state index contributed by atoms with van der Waals surface area (Å²) in [5.41, 5.74) is 5.67. The predicted octanol–water partition coefficient (Wildman–Crippen LogP) is 3.67. The van der Waals surface area contributed by atoms with Crippen molar-refractivity contribution in [2.45, 2.75) is 65.4 Å². The molecule has 1 saturated carbocycles. The molecule has 0 spiro atoms. The SMILES string of the molecule is CC1CCCC(OCCCC(C)(C)C(N)=S)C1. The highest BCUT2D eigenvalue weighted by molar-refractivity contribution is 7.80. The molecule has 0 aliphatic heterocycles. The molecule has 17 heavy (non-hydrogen) atoms. The molecule has 0 saturated heterocycles. The van der Waals surface area contributed by atoms with Crippen LogP contribution in [0.4, 0.5) is 0 Å². The average Bonchev–Trinajstić information content (AvgIpc) is 2.24. The van der Waals surface area contributed by atoms with Crippen molar-refractivity contribution in [3.63, 3.8) is 0 Å². The zero-order valence-electron chi connectivity index (χ0n) is 11.5. The third-order valence-electron chi connectivity index (χ3n) is 3.85. The number of ether oxygens (including phenoxy) is 1. The molecule has 0 aromatic rings. The van der Waals surface area contributed by atoms with E-state index in [2.05, 4.69) is 20.8 Å². The monoisotopic (exact) mass is 257 g/mol. The first kappa shape index (κ1) is 14.9. The molecule has 1 rings (SSSR count). The predicted molar refractivity (Wildman–Crippen MR) is 77.2 cm³/mol. The standard InChI is InChI=1S/C14H27NOS/c1-11-6-4-7-12(10-11)16-9-5-8-14(2,3)13(15)17/h11-12H,4-10H2,1-3H3,(H2,15,17). The first-order chi connectivity index (χ1) is 7.92. The summed E-state index contributed by atoms with van der Waals surface area (Å²) < 4.78 is 5.94. The summed E-state index contributed by atoms with van der Waals surface area (Å²) in [4.78, 5) is 0.615. The highest BCUT2D eigenvalue weighted by Gasteiger charge is 2.22. The first-order valence-electron chi connectivity index (χ1n) is 6.83. The molecule has 1 fully saturated rings. The summed E-state index contributed by atoms with van der Waals surface area (Å²) in [6.07, 6.45) is 7.73. The van der Waals surface area contributed by atoms with Crippen LogP contribution in [0.1, 0.15) is 59.3 Å². The Labute approximate surface area is 111 Å². The van der Waals surface area contributed by atoms with Crippen molar-refractivity contribution in [1.29, 1.82) is 0 Å². The van der Waals surface area contributed by atoms with Crippen molar-refractivity contribution in [3.05, 3.63) is 0 Å². The van der Waals surface area contributed by atoms with E-state index in [1.165, 1.54) is 25.7 Å². The zero-order chi connectivity index (χ0) is 12.9. The maximum Gasteiger partial charge on any atom is 0.0784 e. The second kappa shape index (κ2) is 6.69. The number of hydrogen-bond acceptors (Lipinski definition) is 2. The van der Waals surface area contributed by atoms with Crippen LogP contribution in [0, 0.1) is 11.3 Å². The van der Waals surface area contributed by atoms with Crippen LogP contribution in [0.5, 0.6) is 0 Å². The summed E-state index contributed by atoms with van der Waals surface area (Å²) >= 11 is 5.06. The molecular weight excluding hydrogens is 230 g/mol. The zero-order valence-corrected chi connectivity index (χ0v) is 12.3. The van der Waals surface area contributed by atoms with Gasteiger partial charge in [-0.05, 0) is 31.6 Å². The summed E-state index contributed by atoms with van der Waals surface area (Å²) in [5, 5.41) is 0. The van der Waals surface area contributed by atoms with Crippen LogP contribution in [0.3, 0.4) is 0 Å². The molecule has 0 heterocycles. The first-order valence-corrected chi connectivity index (χ1v) is 7.24. The molecule has 0 aromatic heterocycles. The smallest absolute Gasteiger partial charge is 0.0784 e. The quantitative estimate of drug-likeness (QED) is 0.582. The van der Waals surface area contributed by atoms with Crippen molar-refractivity contribution in [1.82, 2.24) is 0 Å². The maximum atomic E-state index is 5.94. The van der Waals surface area contributed by atoms with E-state index in [0.717, 1.165) is 25.4 Å². The third-order valence-corrected chi connectivity index (χ3v) is 4.41. The van der Waals surface area contributed by atoms with Crippen molar-refractivity contribution < 1.29 is 4.74 Å². The molecule has 1 aliphatic carbocycles. The van der Waals surface area contributed by atoms with E-state index >= 15 is 0 Å². The van der Waals surface area contributed by atoms with Crippen LogP contribution in [0.15, 0.2) is 0 Å². The Morgan fingerprint density at radius 2 is 2.12 bits per heavy atom. The van der Waals surface area contributed by atoms with E-state index < -0.39 is 0 Å². The number of rotatable bonds is 6.